The van der Waals surface area contributed by atoms with Crippen LogP contribution in [0.25, 0.3) is 12.2 Å². The molecule has 1 aromatic heterocycles. The fraction of sp³-hybridized carbons (Fsp3) is 0.136. The number of benzene rings is 2. The van der Waals surface area contributed by atoms with E-state index in [-0.39, 0.29) is 11.7 Å². The number of pyridine rings is 1. The summed E-state index contributed by atoms with van der Waals surface area (Å²) in [5.74, 6) is 1.79. The largest absolute Gasteiger partial charge is 0.507 e. The van der Waals surface area contributed by atoms with Crippen LogP contribution in [0.2, 0.25) is 0 Å². The summed E-state index contributed by atoms with van der Waals surface area (Å²) in [4.78, 5) is 4.02. The number of aromatic nitrogens is 1. The first-order valence-corrected chi connectivity index (χ1v) is 10.1. The monoisotopic (exact) mass is 487 g/mol. The predicted molar refractivity (Wildman–Crippen MR) is 117 cm³/mol. The molecule has 0 radical (unpaired) electrons. The molecule has 0 bridgehead atoms. The summed E-state index contributed by atoms with van der Waals surface area (Å²) >= 11 is 7.04. The number of nitrogens with zero attached hydrogens (tertiary/aromatic N) is 1. The van der Waals surface area contributed by atoms with Gasteiger partial charge in [0.15, 0.2) is 5.75 Å². The molecule has 3 aromatic rings. The van der Waals surface area contributed by atoms with Gasteiger partial charge in [-0.1, -0.05) is 32.1 Å². The van der Waals surface area contributed by atoms with Crippen molar-refractivity contribution in [1.29, 1.82) is 0 Å². The van der Waals surface area contributed by atoms with Crippen molar-refractivity contribution in [3.63, 3.8) is 0 Å². The van der Waals surface area contributed by atoms with Crippen molar-refractivity contribution in [3.05, 3.63) is 80.5 Å². The maximum Gasteiger partial charge on any atom is 0.155 e. The Labute approximate surface area is 176 Å². The van der Waals surface area contributed by atoms with E-state index in [1.54, 1.807) is 12.4 Å². The number of hydrogen-bond donors (Lipinski definition) is 1. The van der Waals surface area contributed by atoms with E-state index in [1.165, 1.54) is 0 Å². The maximum atomic E-state index is 10.7. The van der Waals surface area contributed by atoms with Gasteiger partial charge in [-0.05, 0) is 79.7 Å². The van der Waals surface area contributed by atoms with Gasteiger partial charge < -0.3 is 9.84 Å². The average Bonchev–Trinajstić information content (AvgIpc) is 2.65. The van der Waals surface area contributed by atoms with Crippen LogP contribution < -0.4 is 4.74 Å². The minimum atomic E-state index is 0.157. The standard InChI is InChI=1S/C22H19Br2NO2/c1-14(2)18-13-17(27-22-19(23)4-3-5-20(22)24)12-16(21(18)26)7-6-15-8-10-25-11-9-15/h3-14,26H,1-2H3. The van der Waals surface area contributed by atoms with Gasteiger partial charge in [-0.2, -0.15) is 0 Å². The van der Waals surface area contributed by atoms with Crippen LogP contribution in [0.1, 0.15) is 36.5 Å². The molecule has 0 fully saturated rings. The number of hydrogen-bond acceptors (Lipinski definition) is 3. The summed E-state index contributed by atoms with van der Waals surface area (Å²) in [5, 5.41) is 10.7. The lowest BCUT2D eigenvalue weighted by Gasteiger charge is -2.16. The molecule has 1 heterocycles. The molecule has 27 heavy (non-hydrogen) atoms. The highest BCUT2D eigenvalue weighted by Crippen LogP contribution is 2.40. The molecule has 0 spiro atoms. The molecule has 3 rings (SSSR count). The van der Waals surface area contributed by atoms with Crippen LogP contribution >= 0.6 is 31.9 Å². The van der Waals surface area contributed by atoms with Crippen LogP contribution in [0, 0.1) is 0 Å². The highest BCUT2D eigenvalue weighted by atomic mass is 79.9. The number of para-hydroxylation sites is 1. The van der Waals surface area contributed by atoms with E-state index < -0.39 is 0 Å². The van der Waals surface area contributed by atoms with Crippen molar-refractivity contribution < 1.29 is 9.84 Å². The number of aromatic hydroxyl groups is 1. The number of ether oxygens (including phenoxy) is 1. The summed E-state index contributed by atoms with van der Waals surface area (Å²) < 4.78 is 7.83. The predicted octanol–water partition coefficient (Wildman–Crippen LogP) is 7.40. The molecule has 2 aromatic carbocycles. The zero-order valence-corrected chi connectivity index (χ0v) is 18.2. The molecule has 5 heteroatoms. The van der Waals surface area contributed by atoms with Gasteiger partial charge in [0.2, 0.25) is 0 Å². The van der Waals surface area contributed by atoms with Gasteiger partial charge in [0.25, 0.3) is 0 Å². The lowest BCUT2D eigenvalue weighted by molar-refractivity contribution is 0.452. The van der Waals surface area contributed by atoms with E-state index in [9.17, 15) is 5.11 Å². The quantitative estimate of drug-likeness (QED) is 0.406. The van der Waals surface area contributed by atoms with Crippen LogP contribution in [0.5, 0.6) is 17.2 Å². The Balaban J connectivity index is 2.02. The molecule has 0 saturated carbocycles. The topological polar surface area (TPSA) is 42.4 Å². The smallest absolute Gasteiger partial charge is 0.155 e. The molecule has 1 N–H and O–H groups in total. The number of rotatable bonds is 5. The number of halogens is 2. The Morgan fingerprint density at radius 1 is 1.00 bits per heavy atom. The average molecular weight is 489 g/mol. The molecule has 0 unspecified atom stereocenters. The lowest BCUT2D eigenvalue weighted by Crippen LogP contribution is -1.94. The van der Waals surface area contributed by atoms with Gasteiger partial charge in [0.1, 0.15) is 11.5 Å². The van der Waals surface area contributed by atoms with Crippen molar-refractivity contribution in [3.8, 4) is 17.2 Å². The molecule has 138 valence electrons. The maximum absolute atomic E-state index is 10.7. The Bertz CT molecular complexity index is 949. The van der Waals surface area contributed by atoms with Crippen molar-refractivity contribution in [1.82, 2.24) is 4.98 Å². The van der Waals surface area contributed by atoms with E-state index in [4.69, 9.17) is 4.74 Å². The van der Waals surface area contributed by atoms with Crippen LogP contribution in [0.15, 0.2) is 63.8 Å². The van der Waals surface area contributed by atoms with Gasteiger partial charge in [-0.25, -0.2) is 0 Å². The van der Waals surface area contributed by atoms with Crippen LogP contribution in [0.4, 0.5) is 0 Å². The highest BCUT2D eigenvalue weighted by molar-refractivity contribution is 9.11. The zero-order chi connectivity index (χ0) is 19.4. The highest BCUT2D eigenvalue weighted by Gasteiger charge is 2.14. The van der Waals surface area contributed by atoms with Crippen molar-refractivity contribution in [2.75, 3.05) is 0 Å². The Hall–Kier alpha value is -2.11. The van der Waals surface area contributed by atoms with Crippen LogP contribution in [-0.4, -0.2) is 10.1 Å². The SMILES string of the molecule is CC(C)c1cc(Oc2c(Br)cccc2Br)cc(C=Cc2ccncc2)c1O. The third kappa shape index (κ3) is 4.79. The van der Waals surface area contributed by atoms with Gasteiger partial charge in [-0.15, -0.1) is 0 Å². The van der Waals surface area contributed by atoms with Crippen molar-refractivity contribution in [2.45, 2.75) is 19.8 Å². The second-order valence-corrected chi connectivity index (χ2v) is 8.08. The second-order valence-electron chi connectivity index (χ2n) is 6.37. The Morgan fingerprint density at radius 2 is 1.67 bits per heavy atom. The lowest BCUT2D eigenvalue weighted by atomic mass is 9.98. The van der Waals surface area contributed by atoms with Gasteiger partial charge in [0.05, 0.1) is 8.95 Å². The van der Waals surface area contributed by atoms with E-state index in [2.05, 4.69) is 36.8 Å². The summed E-state index contributed by atoms with van der Waals surface area (Å²) in [6.45, 7) is 4.09. The summed E-state index contributed by atoms with van der Waals surface area (Å²) in [6, 6.07) is 13.3. The van der Waals surface area contributed by atoms with Crippen LogP contribution in [-0.2, 0) is 0 Å². The zero-order valence-electron chi connectivity index (χ0n) is 15.0. The minimum Gasteiger partial charge on any atom is -0.507 e. The van der Waals surface area contributed by atoms with Crippen molar-refractivity contribution >= 4 is 44.0 Å². The molecule has 0 aliphatic carbocycles. The molecule has 0 atom stereocenters. The molecular formula is C22H19Br2NO2. The van der Waals surface area contributed by atoms with Gasteiger partial charge in [0, 0.05) is 23.5 Å². The van der Waals surface area contributed by atoms with Gasteiger partial charge in [-0.3, -0.25) is 4.98 Å². The second kappa shape index (κ2) is 8.72. The molecule has 3 nitrogen and oxygen atoms in total. The Morgan fingerprint density at radius 3 is 2.30 bits per heavy atom. The van der Waals surface area contributed by atoms with E-state index >= 15 is 0 Å². The van der Waals surface area contributed by atoms with E-state index in [0.29, 0.717) is 17.1 Å². The summed E-state index contributed by atoms with van der Waals surface area (Å²) in [6.07, 6.45) is 7.31. The van der Waals surface area contributed by atoms with Gasteiger partial charge >= 0.3 is 0 Å². The number of phenols is 1. The number of phenolic OH excluding ortho intramolecular Hbond substituents is 1. The molecular weight excluding hydrogens is 470 g/mol. The third-order valence-corrected chi connectivity index (χ3v) is 5.31. The minimum absolute atomic E-state index is 0.157. The fourth-order valence-corrected chi connectivity index (χ4v) is 3.80. The van der Waals surface area contributed by atoms with Crippen molar-refractivity contribution in [2.24, 2.45) is 0 Å². The van der Waals surface area contributed by atoms with E-state index in [1.807, 2.05) is 68.5 Å². The first kappa shape index (κ1) is 19.6. The summed E-state index contributed by atoms with van der Waals surface area (Å²) in [5.41, 5.74) is 2.55. The first-order valence-electron chi connectivity index (χ1n) is 8.52. The van der Waals surface area contributed by atoms with E-state index in [0.717, 1.165) is 20.1 Å². The molecule has 0 amide bonds. The van der Waals surface area contributed by atoms with Crippen LogP contribution in [0.3, 0.4) is 0 Å². The first-order chi connectivity index (χ1) is 13.0. The summed E-state index contributed by atoms with van der Waals surface area (Å²) in [7, 11) is 0. The normalized spacial score (nSPS) is 11.3. The fourth-order valence-electron chi connectivity index (χ4n) is 2.64. The third-order valence-electron chi connectivity index (χ3n) is 4.06. The molecule has 0 aliphatic rings. The Kier molecular flexibility index (Phi) is 6.34. The molecule has 0 saturated heterocycles. The molecule has 0 aliphatic heterocycles.